The number of nitriles is 1. The molecule has 0 amide bonds. The van der Waals surface area contributed by atoms with E-state index in [1.807, 2.05) is 5.81 Å². The number of hydrogen-bond acceptors (Lipinski definition) is 7. The maximum Gasteiger partial charge on any atom is 0.331 e. The molecule has 1 rings (SSSR count). The van der Waals surface area contributed by atoms with Crippen LogP contribution in [0.15, 0.2) is 4.95 Å². The van der Waals surface area contributed by atoms with Crippen LogP contribution >= 0.6 is 23.2 Å². The fourth-order valence-corrected chi connectivity index (χ4v) is 7.46. The zero-order valence-corrected chi connectivity index (χ0v) is 16.2. The van der Waals surface area contributed by atoms with Crippen molar-refractivity contribution in [2.45, 2.75) is 51.2 Å². The van der Waals surface area contributed by atoms with E-state index in [4.69, 9.17) is 13.8 Å². The van der Waals surface area contributed by atoms with Gasteiger partial charge in [-0.25, -0.2) is 0 Å². The first-order valence-electron chi connectivity index (χ1n) is 6.94. The van der Waals surface area contributed by atoms with E-state index >= 15 is 0 Å². The van der Waals surface area contributed by atoms with Crippen LogP contribution in [0.2, 0.25) is 0 Å². The molecule has 1 aliphatic rings. The average molecular weight is 368 g/mol. The molecule has 22 heavy (non-hydrogen) atoms. The Bertz CT molecular complexity index is 563. The molecule has 0 N–H and O–H groups in total. The molecule has 1 heterocycles. The number of ether oxygens (including phenoxy) is 1. The number of nitroso groups, excluding NO2 is 1. The Morgan fingerprint density at radius 3 is 2.41 bits per heavy atom. The normalized spacial score (nSPS) is 45.0. The monoisotopic (exact) mass is 368 g/mol. The van der Waals surface area contributed by atoms with E-state index < -0.39 is 25.1 Å². The van der Waals surface area contributed by atoms with Crippen molar-refractivity contribution in [1.29, 1.82) is 5.26 Å². The van der Waals surface area contributed by atoms with E-state index in [2.05, 4.69) is 11.2 Å². The van der Waals surface area contributed by atoms with Crippen molar-refractivity contribution in [3.05, 3.63) is 4.91 Å². The highest BCUT2D eigenvalue weighted by Gasteiger charge is 2.54. The maximum atomic E-state index is 13.2. The van der Waals surface area contributed by atoms with Crippen LogP contribution in [0.3, 0.4) is 0 Å². The average Bonchev–Trinajstić information content (AvgIpc) is 2.52. The third-order valence-electron chi connectivity index (χ3n) is 4.19. The molecule has 0 saturated carbocycles. The van der Waals surface area contributed by atoms with Gasteiger partial charge in [0, 0.05) is 8.81 Å². The first-order valence-corrected chi connectivity index (χ1v) is 11.8. The second-order valence-corrected chi connectivity index (χ2v) is 12.0. The van der Waals surface area contributed by atoms with Crippen LogP contribution in [0.4, 0.5) is 0 Å². The van der Waals surface area contributed by atoms with Gasteiger partial charge in [0.1, 0.15) is 5.34 Å². The van der Waals surface area contributed by atoms with Crippen molar-refractivity contribution in [2.24, 2.45) is 4.95 Å². The van der Waals surface area contributed by atoms with Gasteiger partial charge in [-0.1, -0.05) is 20.1 Å². The number of rotatable bonds is 3. The Morgan fingerprint density at radius 2 is 1.95 bits per heavy atom. The Hall–Kier alpha value is -0.0700. The molecular formula is C12H23N2O5P3. The van der Waals surface area contributed by atoms with Crippen molar-refractivity contribution < 1.29 is 18.3 Å². The zero-order chi connectivity index (χ0) is 17.1. The summed E-state index contributed by atoms with van der Waals surface area (Å²) in [4.78, 5) is 14.6. The zero-order valence-electron chi connectivity index (χ0n) is 13.4. The second-order valence-electron chi connectivity index (χ2n) is 5.53. The highest BCUT2D eigenvalue weighted by molar-refractivity contribution is 7.74. The van der Waals surface area contributed by atoms with Crippen LogP contribution < -0.4 is 0 Å². The molecule has 0 spiro atoms. The molecule has 0 aliphatic carbocycles. The summed E-state index contributed by atoms with van der Waals surface area (Å²) in [6.45, 7) is 6.78. The second kappa shape index (κ2) is 7.22. The quantitative estimate of drug-likeness (QED) is 0.529. The van der Waals surface area contributed by atoms with Gasteiger partial charge in [-0.05, 0) is 31.6 Å². The Balaban J connectivity index is 3.46. The summed E-state index contributed by atoms with van der Waals surface area (Å²) in [5.41, 5.74) is 0. The lowest BCUT2D eigenvalue weighted by Crippen LogP contribution is -2.35. The molecule has 5 unspecified atom stereocenters. The lowest BCUT2D eigenvalue weighted by atomic mass is 10.3. The van der Waals surface area contributed by atoms with Crippen LogP contribution in [-0.2, 0) is 18.3 Å². The SMILES string of the molecule is C=P1(N=O)COCPOC(C)(CC)P(=O)(C#N)OC1(C)CC. The summed E-state index contributed by atoms with van der Waals surface area (Å²) in [7, 11) is -6.79. The van der Waals surface area contributed by atoms with Crippen LogP contribution in [-0.4, -0.2) is 29.7 Å². The Morgan fingerprint density at radius 1 is 1.36 bits per heavy atom. The minimum absolute atomic E-state index is 0.0193. The van der Waals surface area contributed by atoms with Gasteiger partial charge in [-0.3, -0.25) is 4.57 Å². The lowest BCUT2D eigenvalue weighted by Gasteiger charge is -2.42. The van der Waals surface area contributed by atoms with Crippen LogP contribution in [0.1, 0.15) is 40.5 Å². The van der Waals surface area contributed by atoms with Gasteiger partial charge in [0.25, 0.3) is 0 Å². The number of hydrogen-bond donors (Lipinski definition) is 0. The first-order chi connectivity index (χ1) is 10.2. The predicted octanol–water partition coefficient (Wildman–Crippen LogP) is 4.70. The van der Waals surface area contributed by atoms with Crippen molar-refractivity contribution in [1.82, 2.24) is 0 Å². The molecule has 0 radical (unpaired) electrons. The summed E-state index contributed by atoms with van der Waals surface area (Å²) < 4.78 is 30.2. The molecule has 1 saturated heterocycles. The Kier molecular flexibility index (Phi) is 6.56. The summed E-state index contributed by atoms with van der Waals surface area (Å²) >= 11 is 0. The van der Waals surface area contributed by atoms with Gasteiger partial charge in [0.2, 0.25) is 0 Å². The molecule has 0 aromatic rings. The lowest BCUT2D eigenvalue weighted by molar-refractivity contribution is 0.109. The van der Waals surface area contributed by atoms with Crippen molar-refractivity contribution in [3.8, 4) is 5.81 Å². The van der Waals surface area contributed by atoms with E-state index in [-0.39, 0.29) is 21.5 Å². The molecule has 1 fully saturated rings. The number of nitrogens with zero attached hydrogens (tertiary/aromatic N) is 2. The summed E-state index contributed by atoms with van der Waals surface area (Å²) in [6, 6.07) is 0. The van der Waals surface area contributed by atoms with Crippen molar-refractivity contribution in [2.75, 3.05) is 12.7 Å². The Labute approximate surface area is 133 Å². The van der Waals surface area contributed by atoms with Crippen molar-refractivity contribution in [3.63, 3.8) is 0 Å². The largest absolute Gasteiger partial charge is 0.368 e. The predicted molar refractivity (Wildman–Crippen MR) is 91.8 cm³/mol. The first kappa shape index (κ1) is 20.0. The molecule has 1 aliphatic heterocycles. The van der Waals surface area contributed by atoms with Crippen LogP contribution in [0, 0.1) is 16.0 Å². The topological polar surface area (TPSA) is 98.0 Å². The molecule has 7 nitrogen and oxygen atoms in total. The van der Waals surface area contributed by atoms with E-state index in [0.717, 1.165) is 0 Å². The molecule has 126 valence electrons. The fourth-order valence-electron chi connectivity index (χ4n) is 1.94. The summed E-state index contributed by atoms with van der Waals surface area (Å²) in [5, 5.41) is 7.06. The molecule has 0 aromatic heterocycles. The third-order valence-corrected chi connectivity index (χ3v) is 11.1. The molecule has 10 heteroatoms. The minimum atomic E-state index is -3.84. The molecule has 0 aromatic carbocycles. The van der Waals surface area contributed by atoms with Gasteiger partial charge >= 0.3 is 7.37 Å². The maximum absolute atomic E-state index is 13.2. The van der Waals surface area contributed by atoms with Gasteiger partial charge in [-0.15, -0.1) is 4.91 Å². The van der Waals surface area contributed by atoms with Crippen LogP contribution in [0.25, 0.3) is 0 Å². The third kappa shape index (κ3) is 3.39. The van der Waals surface area contributed by atoms with Gasteiger partial charge in [-0.2, -0.15) is 5.26 Å². The summed E-state index contributed by atoms with van der Waals surface area (Å²) in [6.07, 6.45) is 4.87. The van der Waals surface area contributed by atoms with E-state index in [1.165, 1.54) is 0 Å². The van der Waals surface area contributed by atoms with E-state index in [1.54, 1.807) is 27.7 Å². The fraction of sp³-hybridized carbons (Fsp3) is 0.833. The molecular weight excluding hydrogens is 345 g/mol. The van der Waals surface area contributed by atoms with Gasteiger partial charge in [0.05, 0.1) is 19.7 Å². The smallest absolute Gasteiger partial charge is 0.331 e. The summed E-state index contributed by atoms with van der Waals surface area (Å²) in [5.74, 6) is 1.81. The van der Waals surface area contributed by atoms with Crippen molar-refractivity contribution >= 4 is 29.5 Å². The van der Waals surface area contributed by atoms with Gasteiger partial charge in [0.15, 0.2) is 11.2 Å². The van der Waals surface area contributed by atoms with E-state index in [9.17, 15) is 14.7 Å². The van der Waals surface area contributed by atoms with E-state index in [0.29, 0.717) is 12.8 Å². The highest BCUT2D eigenvalue weighted by Crippen LogP contribution is 2.71. The standard InChI is InChI=1S/C12H23N2O5P3/c1-6-11(3)18-20-9-17-10-21(5,14-15)12(4,7-2)19-22(11,16)8-13/h20H,5-7,9-10H2,1-4H3. The van der Waals surface area contributed by atoms with Crippen LogP contribution in [0.5, 0.6) is 0 Å². The minimum Gasteiger partial charge on any atom is -0.368 e. The molecule has 5 atom stereocenters. The molecule has 0 bridgehead atoms. The highest BCUT2D eigenvalue weighted by atomic mass is 31.2. The van der Waals surface area contributed by atoms with Gasteiger partial charge < -0.3 is 13.8 Å².